The fraction of sp³-hybridized carbons (Fsp3) is 0.552. The number of aromatic amines is 1. The quantitative estimate of drug-likeness (QED) is 0.464. The van der Waals surface area contributed by atoms with E-state index < -0.39 is 16.9 Å². The van der Waals surface area contributed by atoms with Gasteiger partial charge in [-0.25, -0.2) is 4.39 Å². The highest BCUT2D eigenvalue weighted by molar-refractivity contribution is 7.98. The van der Waals surface area contributed by atoms with E-state index in [9.17, 15) is 18.8 Å². The Bertz CT molecular complexity index is 1470. The molecule has 1 atom stereocenters. The third kappa shape index (κ3) is 4.29. The van der Waals surface area contributed by atoms with Gasteiger partial charge in [0.1, 0.15) is 5.67 Å². The summed E-state index contributed by atoms with van der Waals surface area (Å²) in [6.45, 7) is 6.68. The first kappa shape index (κ1) is 27.4. The van der Waals surface area contributed by atoms with Gasteiger partial charge in [-0.15, -0.1) is 11.8 Å². The van der Waals surface area contributed by atoms with Crippen LogP contribution in [-0.2, 0) is 11.3 Å². The van der Waals surface area contributed by atoms with Crippen molar-refractivity contribution in [1.29, 1.82) is 0 Å². The molecule has 40 heavy (non-hydrogen) atoms. The number of alkyl halides is 1. The number of thioether (sulfide) groups is 1. The number of ether oxygens (including phenoxy) is 2. The van der Waals surface area contributed by atoms with E-state index in [4.69, 9.17) is 21.1 Å². The van der Waals surface area contributed by atoms with E-state index in [0.29, 0.717) is 73.4 Å². The van der Waals surface area contributed by atoms with Crippen LogP contribution in [0.2, 0.25) is 5.02 Å². The number of pyridine rings is 1. The molecule has 1 saturated heterocycles. The molecule has 2 aliphatic heterocycles. The zero-order valence-corrected chi connectivity index (χ0v) is 24.6. The molecule has 8 nitrogen and oxygen atoms in total. The molecule has 214 valence electrons. The van der Waals surface area contributed by atoms with Gasteiger partial charge < -0.3 is 24.7 Å². The van der Waals surface area contributed by atoms with E-state index in [1.807, 2.05) is 31.1 Å². The molecule has 2 bridgehead atoms. The highest BCUT2D eigenvalue weighted by Gasteiger charge is 2.73. The van der Waals surface area contributed by atoms with Gasteiger partial charge in [-0.3, -0.25) is 14.4 Å². The van der Waals surface area contributed by atoms with Crippen LogP contribution in [0.4, 0.5) is 4.39 Å². The van der Waals surface area contributed by atoms with Crippen molar-refractivity contribution in [2.45, 2.75) is 75.8 Å². The molecule has 2 N–H and O–H groups in total. The van der Waals surface area contributed by atoms with E-state index >= 15 is 0 Å². The standard InChI is InChI=1S/C29H33ClFN3O5S/c1-15-9-21(40-4)19(25(36)33-15)11-32-24(35)18-10-20(30)23-22(16(18)2)38-27(3,39-23)17-5-7-34(8-6-17)26(37)28-12-29(31,13-28)14-28/h9-10,17H,5-8,11-14H2,1-4H3,(H,32,35)(H,33,36). The zero-order valence-electron chi connectivity index (χ0n) is 23.0. The van der Waals surface area contributed by atoms with Crippen LogP contribution >= 0.6 is 23.4 Å². The maximum Gasteiger partial charge on any atom is 0.254 e. The maximum absolute atomic E-state index is 14.0. The largest absolute Gasteiger partial charge is 0.448 e. The number of likely N-dealkylation sites (tertiary alicyclic amines) is 1. The lowest BCUT2D eigenvalue weighted by Gasteiger charge is -2.65. The Balaban J connectivity index is 1.13. The van der Waals surface area contributed by atoms with E-state index in [1.165, 1.54) is 11.8 Å². The van der Waals surface area contributed by atoms with Crippen molar-refractivity contribution in [1.82, 2.24) is 15.2 Å². The average molecular weight is 590 g/mol. The lowest BCUT2D eigenvalue weighted by atomic mass is 9.42. The van der Waals surface area contributed by atoms with Crippen molar-refractivity contribution in [3.63, 3.8) is 0 Å². The van der Waals surface area contributed by atoms with Gasteiger partial charge >= 0.3 is 0 Å². The maximum atomic E-state index is 14.0. The molecule has 2 aromatic rings. The second kappa shape index (κ2) is 9.41. The summed E-state index contributed by atoms with van der Waals surface area (Å²) in [6.07, 6.45) is 4.35. The number of hydrogen-bond acceptors (Lipinski definition) is 6. The van der Waals surface area contributed by atoms with Crippen LogP contribution < -0.4 is 20.3 Å². The van der Waals surface area contributed by atoms with E-state index in [1.54, 1.807) is 13.0 Å². The van der Waals surface area contributed by atoms with Gasteiger partial charge in [0.15, 0.2) is 11.5 Å². The lowest BCUT2D eigenvalue weighted by Crippen LogP contribution is -2.70. The number of rotatable bonds is 6. The first-order valence-electron chi connectivity index (χ1n) is 13.6. The van der Waals surface area contributed by atoms with E-state index in [-0.39, 0.29) is 34.9 Å². The third-order valence-electron chi connectivity index (χ3n) is 9.11. The Morgan fingerprint density at radius 2 is 1.82 bits per heavy atom. The summed E-state index contributed by atoms with van der Waals surface area (Å²) in [7, 11) is 0. The Morgan fingerprint density at radius 3 is 2.45 bits per heavy atom. The lowest BCUT2D eigenvalue weighted by molar-refractivity contribution is -0.223. The minimum absolute atomic E-state index is 0.00420. The highest BCUT2D eigenvalue weighted by Crippen LogP contribution is 2.70. The molecular formula is C29H33ClFN3O5S. The topological polar surface area (TPSA) is 101 Å². The third-order valence-corrected chi connectivity index (χ3v) is 10.2. The number of H-pyrrole nitrogens is 1. The van der Waals surface area contributed by atoms with Crippen LogP contribution in [-0.4, -0.2) is 52.5 Å². The van der Waals surface area contributed by atoms with Crippen molar-refractivity contribution in [2.75, 3.05) is 19.3 Å². The summed E-state index contributed by atoms with van der Waals surface area (Å²) < 4.78 is 26.6. The van der Waals surface area contributed by atoms with Crippen LogP contribution in [0.3, 0.4) is 0 Å². The molecule has 3 heterocycles. The minimum atomic E-state index is -1.10. The van der Waals surface area contributed by atoms with Gasteiger partial charge in [0, 0.05) is 59.8 Å². The number of hydrogen-bond donors (Lipinski definition) is 2. The normalized spacial score (nSPS) is 28.6. The van der Waals surface area contributed by atoms with Gasteiger partial charge in [-0.05, 0) is 64.3 Å². The molecule has 11 heteroatoms. The van der Waals surface area contributed by atoms with E-state index in [0.717, 1.165) is 10.6 Å². The zero-order chi connectivity index (χ0) is 28.6. The van der Waals surface area contributed by atoms with Crippen LogP contribution in [0.25, 0.3) is 0 Å². The number of benzene rings is 1. The predicted octanol–water partition coefficient (Wildman–Crippen LogP) is 4.92. The Labute approximate surface area is 241 Å². The van der Waals surface area contributed by atoms with E-state index in [2.05, 4.69) is 10.3 Å². The molecule has 0 radical (unpaired) electrons. The predicted molar refractivity (Wildman–Crippen MR) is 150 cm³/mol. The number of piperidine rings is 1. The number of nitrogens with one attached hydrogen (secondary N) is 2. The van der Waals surface area contributed by atoms with Crippen molar-refractivity contribution in [3.05, 3.63) is 49.9 Å². The number of carbonyl (C=O) groups is 2. The number of carbonyl (C=O) groups excluding carboxylic acids is 2. The van der Waals surface area contributed by atoms with Crippen LogP contribution in [0.5, 0.6) is 11.5 Å². The van der Waals surface area contributed by atoms with Gasteiger partial charge in [0.05, 0.1) is 10.4 Å². The Kier molecular flexibility index (Phi) is 6.46. The second-order valence-electron chi connectivity index (χ2n) is 11.9. The Hall–Kier alpha value is -2.72. The molecule has 3 aliphatic carbocycles. The minimum Gasteiger partial charge on any atom is -0.448 e. The second-order valence-corrected chi connectivity index (χ2v) is 13.2. The molecular weight excluding hydrogens is 557 g/mol. The molecule has 1 unspecified atom stereocenters. The molecule has 7 rings (SSSR count). The van der Waals surface area contributed by atoms with Crippen LogP contribution in [0.1, 0.15) is 66.2 Å². The molecule has 0 spiro atoms. The van der Waals surface area contributed by atoms with Crippen LogP contribution in [0, 0.1) is 25.2 Å². The summed E-state index contributed by atoms with van der Waals surface area (Å²) in [5.41, 5.74) is 0.397. The first-order valence-corrected chi connectivity index (χ1v) is 15.2. The monoisotopic (exact) mass is 589 g/mol. The average Bonchev–Trinajstić information content (AvgIpc) is 3.26. The van der Waals surface area contributed by atoms with Gasteiger partial charge in [-0.1, -0.05) is 11.6 Å². The fourth-order valence-electron chi connectivity index (χ4n) is 6.88. The molecule has 1 aromatic heterocycles. The highest BCUT2D eigenvalue weighted by atomic mass is 35.5. The molecule has 4 fully saturated rings. The molecule has 5 aliphatic rings. The van der Waals surface area contributed by atoms with Crippen molar-refractivity contribution >= 4 is 35.2 Å². The van der Waals surface area contributed by atoms with Gasteiger partial charge in [-0.2, -0.15) is 0 Å². The Morgan fingerprint density at radius 1 is 1.18 bits per heavy atom. The van der Waals surface area contributed by atoms with Crippen LogP contribution in [0.15, 0.2) is 21.8 Å². The summed E-state index contributed by atoms with van der Waals surface area (Å²) in [6, 6.07) is 3.45. The number of halogens is 2. The SMILES string of the molecule is CSc1cc(C)[nH]c(=O)c1CNC(=O)c1cc(Cl)c2c(c1C)OC(C)(C1CCN(C(=O)C34CC(F)(C3)C4)CC1)O2. The molecule has 1 aromatic carbocycles. The first-order chi connectivity index (χ1) is 18.9. The van der Waals surface area contributed by atoms with Gasteiger partial charge in [0.25, 0.3) is 17.3 Å². The van der Waals surface area contributed by atoms with Crippen molar-refractivity contribution in [3.8, 4) is 11.5 Å². The summed E-state index contributed by atoms with van der Waals surface area (Å²) in [5, 5.41) is 3.12. The van der Waals surface area contributed by atoms with Crippen molar-refractivity contribution in [2.24, 2.45) is 11.3 Å². The van der Waals surface area contributed by atoms with Gasteiger partial charge in [0.2, 0.25) is 5.91 Å². The molecule has 3 saturated carbocycles. The summed E-state index contributed by atoms with van der Waals surface area (Å²) >= 11 is 8.04. The smallest absolute Gasteiger partial charge is 0.254 e. The fourth-order valence-corrected chi connectivity index (χ4v) is 7.82. The number of aryl methyl sites for hydroxylation is 1. The number of aromatic nitrogens is 1. The van der Waals surface area contributed by atoms with Crippen molar-refractivity contribution < 1.29 is 23.5 Å². The molecule has 2 amide bonds. The summed E-state index contributed by atoms with van der Waals surface area (Å²) in [4.78, 5) is 44.2. The number of amides is 2. The number of nitrogens with zero attached hydrogens (tertiary/aromatic N) is 1. The summed E-state index contributed by atoms with van der Waals surface area (Å²) in [5.74, 6) is -0.462. The number of fused-ring (bicyclic) bond motifs is 1.